The highest BCUT2D eigenvalue weighted by Crippen LogP contribution is 2.44. The molecule has 19 heavy (non-hydrogen) atoms. The molecule has 1 heterocycles. The molecule has 0 fully saturated rings. The van der Waals surface area contributed by atoms with Crippen LogP contribution in [0.3, 0.4) is 0 Å². The lowest BCUT2D eigenvalue weighted by atomic mass is 9.85. The van der Waals surface area contributed by atoms with Crippen LogP contribution in [0.5, 0.6) is 0 Å². The summed E-state index contributed by atoms with van der Waals surface area (Å²) in [6, 6.07) is 13.9. The SMILES string of the molecule is OC1c2ccccc2-c2ncc(Br)c3cccc1c23. The predicted octanol–water partition coefficient (Wildman–Crippen LogP) is 4.06. The molecule has 1 unspecified atom stereocenters. The molecule has 0 aliphatic heterocycles. The Hall–Kier alpha value is -1.71. The van der Waals surface area contributed by atoms with Gasteiger partial charge in [0.25, 0.3) is 0 Å². The molecule has 0 saturated carbocycles. The van der Waals surface area contributed by atoms with Gasteiger partial charge in [-0.1, -0.05) is 42.5 Å². The van der Waals surface area contributed by atoms with E-state index in [4.69, 9.17) is 0 Å². The van der Waals surface area contributed by atoms with E-state index in [-0.39, 0.29) is 0 Å². The van der Waals surface area contributed by atoms with Crippen LogP contribution in [0, 0.1) is 0 Å². The predicted molar refractivity (Wildman–Crippen MR) is 78.9 cm³/mol. The van der Waals surface area contributed by atoms with Crippen molar-refractivity contribution in [2.24, 2.45) is 0 Å². The molecule has 1 aliphatic rings. The number of pyridine rings is 1. The number of halogens is 1. The molecular formula is C16H10BrNO. The summed E-state index contributed by atoms with van der Waals surface area (Å²) in [5.74, 6) is 0. The fraction of sp³-hybridized carbons (Fsp3) is 0.0625. The average molecular weight is 312 g/mol. The second kappa shape index (κ2) is 3.89. The standard InChI is InChI=1S/C16H10BrNO/c17-13-8-18-15-9-4-1-2-5-10(9)16(19)12-7-3-6-11(13)14(12)15/h1-8,16,19H. The van der Waals surface area contributed by atoms with E-state index in [1.54, 1.807) is 0 Å². The maximum absolute atomic E-state index is 10.6. The van der Waals surface area contributed by atoms with Gasteiger partial charge in [0.1, 0.15) is 6.10 Å². The highest BCUT2D eigenvalue weighted by Gasteiger charge is 2.26. The molecule has 2 aromatic carbocycles. The number of aliphatic hydroxyl groups excluding tert-OH is 1. The molecule has 1 N–H and O–H groups in total. The zero-order valence-electron chi connectivity index (χ0n) is 9.97. The summed E-state index contributed by atoms with van der Waals surface area (Å²) in [6.45, 7) is 0. The Labute approximate surface area is 118 Å². The van der Waals surface area contributed by atoms with E-state index in [1.165, 1.54) is 0 Å². The molecule has 0 amide bonds. The monoisotopic (exact) mass is 311 g/mol. The van der Waals surface area contributed by atoms with E-state index in [0.717, 1.165) is 37.6 Å². The Morgan fingerprint density at radius 1 is 1.00 bits per heavy atom. The number of nitrogens with zero attached hydrogens (tertiary/aromatic N) is 1. The third-order valence-corrected chi connectivity index (χ3v) is 4.33. The van der Waals surface area contributed by atoms with Crippen molar-refractivity contribution in [3.05, 3.63) is 64.3 Å². The molecule has 3 heteroatoms. The molecule has 92 valence electrons. The van der Waals surface area contributed by atoms with Gasteiger partial charge in [-0.3, -0.25) is 4.98 Å². The topological polar surface area (TPSA) is 33.1 Å². The third kappa shape index (κ3) is 1.43. The van der Waals surface area contributed by atoms with Crippen LogP contribution in [-0.4, -0.2) is 10.1 Å². The summed E-state index contributed by atoms with van der Waals surface area (Å²) in [4.78, 5) is 4.55. The molecule has 0 radical (unpaired) electrons. The van der Waals surface area contributed by atoms with Crippen molar-refractivity contribution in [1.29, 1.82) is 0 Å². The first kappa shape index (κ1) is 11.1. The van der Waals surface area contributed by atoms with Crippen molar-refractivity contribution in [3.8, 4) is 11.3 Å². The summed E-state index contributed by atoms with van der Waals surface area (Å²) >= 11 is 3.53. The van der Waals surface area contributed by atoms with Crippen LogP contribution >= 0.6 is 15.9 Å². The van der Waals surface area contributed by atoms with Crippen LogP contribution in [0.25, 0.3) is 22.0 Å². The second-order valence-corrected chi connectivity index (χ2v) is 5.57. The van der Waals surface area contributed by atoms with E-state index in [9.17, 15) is 5.11 Å². The van der Waals surface area contributed by atoms with Gasteiger partial charge in [0.15, 0.2) is 0 Å². The summed E-state index contributed by atoms with van der Waals surface area (Å²) < 4.78 is 0.958. The summed E-state index contributed by atoms with van der Waals surface area (Å²) in [6.07, 6.45) is 1.25. The summed E-state index contributed by atoms with van der Waals surface area (Å²) in [7, 11) is 0. The lowest BCUT2D eigenvalue weighted by Crippen LogP contribution is -2.09. The minimum atomic E-state index is -0.580. The lowest BCUT2D eigenvalue weighted by molar-refractivity contribution is 0.221. The maximum atomic E-state index is 10.6. The zero-order valence-corrected chi connectivity index (χ0v) is 11.6. The summed E-state index contributed by atoms with van der Waals surface area (Å²) in [5.41, 5.74) is 3.83. The second-order valence-electron chi connectivity index (χ2n) is 4.71. The van der Waals surface area contributed by atoms with Crippen LogP contribution in [0.4, 0.5) is 0 Å². The van der Waals surface area contributed by atoms with Crippen molar-refractivity contribution in [3.63, 3.8) is 0 Å². The lowest BCUT2D eigenvalue weighted by Gasteiger charge is -2.24. The Bertz CT molecular complexity index is 813. The Morgan fingerprint density at radius 3 is 2.68 bits per heavy atom. The van der Waals surface area contributed by atoms with Crippen LogP contribution in [0.15, 0.2) is 53.1 Å². The average Bonchev–Trinajstić information content (AvgIpc) is 2.46. The van der Waals surface area contributed by atoms with Crippen molar-refractivity contribution >= 4 is 26.7 Å². The van der Waals surface area contributed by atoms with E-state index in [1.807, 2.05) is 42.6 Å². The van der Waals surface area contributed by atoms with Gasteiger partial charge in [-0.25, -0.2) is 0 Å². The van der Waals surface area contributed by atoms with Crippen molar-refractivity contribution in [1.82, 2.24) is 4.98 Å². The van der Waals surface area contributed by atoms with Gasteiger partial charge >= 0.3 is 0 Å². The number of hydrogen-bond acceptors (Lipinski definition) is 2. The minimum Gasteiger partial charge on any atom is -0.384 e. The highest BCUT2D eigenvalue weighted by atomic mass is 79.9. The Morgan fingerprint density at radius 2 is 1.79 bits per heavy atom. The van der Waals surface area contributed by atoms with Gasteiger partial charge in [-0.15, -0.1) is 0 Å². The number of rotatable bonds is 0. The molecule has 0 saturated heterocycles. The van der Waals surface area contributed by atoms with Gasteiger partial charge in [0.05, 0.1) is 5.69 Å². The van der Waals surface area contributed by atoms with Crippen LogP contribution in [-0.2, 0) is 0 Å². The van der Waals surface area contributed by atoms with E-state index < -0.39 is 6.10 Å². The van der Waals surface area contributed by atoms with Crippen molar-refractivity contribution in [2.45, 2.75) is 6.10 Å². The summed E-state index contributed by atoms with van der Waals surface area (Å²) in [5, 5.41) is 12.7. The first-order valence-corrected chi connectivity index (χ1v) is 6.91. The Balaban J connectivity index is 2.25. The quantitative estimate of drug-likeness (QED) is 0.679. The fourth-order valence-electron chi connectivity index (χ4n) is 2.84. The zero-order chi connectivity index (χ0) is 13.0. The molecule has 1 aliphatic carbocycles. The number of benzene rings is 2. The highest BCUT2D eigenvalue weighted by molar-refractivity contribution is 9.10. The Kier molecular flexibility index (Phi) is 2.28. The third-order valence-electron chi connectivity index (χ3n) is 3.70. The van der Waals surface area contributed by atoms with Crippen LogP contribution in [0.2, 0.25) is 0 Å². The number of aromatic nitrogens is 1. The molecule has 0 bridgehead atoms. The molecule has 3 aromatic rings. The smallest absolute Gasteiger partial charge is 0.105 e. The van der Waals surface area contributed by atoms with E-state index in [0.29, 0.717) is 0 Å². The number of hydrogen-bond donors (Lipinski definition) is 1. The molecule has 0 spiro atoms. The molecular weight excluding hydrogens is 302 g/mol. The molecule has 1 atom stereocenters. The van der Waals surface area contributed by atoms with Crippen molar-refractivity contribution < 1.29 is 5.11 Å². The molecule has 4 rings (SSSR count). The van der Waals surface area contributed by atoms with E-state index >= 15 is 0 Å². The van der Waals surface area contributed by atoms with Crippen molar-refractivity contribution in [2.75, 3.05) is 0 Å². The van der Waals surface area contributed by atoms with Gasteiger partial charge in [0, 0.05) is 21.6 Å². The number of fused-ring (bicyclic) bond motifs is 2. The minimum absolute atomic E-state index is 0.580. The maximum Gasteiger partial charge on any atom is 0.105 e. The first-order chi connectivity index (χ1) is 9.27. The first-order valence-electron chi connectivity index (χ1n) is 6.12. The normalized spacial score (nSPS) is 16.4. The van der Waals surface area contributed by atoms with Crippen LogP contribution < -0.4 is 0 Å². The van der Waals surface area contributed by atoms with Gasteiger partial charge in [0.2, 0.25) is 0 Å². The van der Waals surface area contributed by atoms with E-state index in [2.05, 4.69) is 27.0 Å². The van der Waals surface area contributed by atoms with Gasteiger partial charge in [-0.2, -0.15) is 0 Å². The molecule has 1 aromatic heterocycles. The largest absolute Gasteiger partial charge is 0.384 e. The van der Waals surface area contributed by atoms with Gasteiger partial charge in [-0.05, 0) is 32.4 Å². The van der Waals surface area contributed by atoms with Gasteiger partial charge < -0.3 is 5.11 Å². The fourth-order valence-corrected chi connectivity index (χ4v) is 3.27. The number of aliphatic hydroxyl groups is 1. The van der Waals surface area contributed by atoms with Crippen LogP contribution in [0.1, 0.15) is 17.2 Å². The molecule has 2 nitrogen and oxygen atoms in total.